The zero-order chi connectivity index (χ0) is 16.9. The number of hydrogen-bond acceptors (Lipinski definition) is 5. The quantitative estimate of drug-likeness (QED) is 0.335. The van der Waals surface area contributed by atoms with Gasteiger partial charge in [-0.3, -0.25) is 4.79 Å². The number of halogens is 3. The molecule has 1 N–H and O–H groups in total. The number of hydrogen-bond donors (Lipinski definition) is 1. The largest absolute Gasteiger partial charge is 0.460 e. The molecule has 22 heavy (non-hydrogen) atoms. The van der Waals surface area contributed by atoms with Gasteiger partial charge in [0.2, 0.25) is 9.70 Å². The first kappa shape index (κ1) is 18.9. The molecule has 126 valence electrons. The highest BCUT2D eigenvalue weighted by molar-refractivity contribution is 8.01. The van der Waals surface area contributed by atoms with Crippen molar-refractivity contribution < 1.29 is 14.3 Å². The molecule has 2 heterocycles. The average molecular weight is 409 g/mol. The van der Waals surface area contributed by atoms with E-state index in [0.29, 0.717) is 0 Å². The van der Waals surface area contributed by atoms with Crippen LogP contribution < -0.4 is 5.09 Å². The molecular weight excluding hydrogens is 390 g/mol. The maximum Gasteiger partial charge on any atom is 0.330 e. The number of amides is 1. The second-order valence-corrected chi connectivity index (χ2v) is 12.7. The Kier molecular flexibility index (Phi) is 5.54. The van der Waals surface area contributed by atoms with E-state index < -0.39 is 28.6 Å². The third-order valence-electron chi connectivity index (χ3n) is 3.49. The predicted octanol–water partition coefficient (Wildman–Crippen LogP) is 2.31. The fourth-order valence-electron chi connectivity index (χ4n) is 2.67. The van der Waals surface area contributed by atoms with Crippen LogP contribution in [0.2, 0.25) is 0 Å². The highest BCUT2D eigenvalue weighted by atomic mass is 35.6. The Morgan fingerprint density at radius 2 is 2.05 bits per heavy atom. The number of carbonyl (C=O) groups is 2. The van der Waals surface area contributed by atoms with Crippen molar-refractivity contribution in [2.24, 2.45) is 0 Å². The van der Waals surface area contributed by atoms with Crippen LogP contribution in [0.5, 0.6) is 0 Å². The van der Waals surface area contributed by atoms with E-state index in [-0.39, 0.29) is 23.9 Å². The highest BCUT2D eigenvalue weighted by Gasteiger charge is 2.64. The summed E-state index contributed by atoms with van der Waals surface area (Å²) in [6.07, 6.45) is 0. The van der Waals surface area contributed by atoms with Crippen LogP contribution in [0.25, 0.3) is 0 Å². The number of carbonyl (C=O) groups excluding carboxylic acids is 2. The lowest BCUT2D eigenvalue weighted by Gasteiger charge is -2.43. The number of ether oxygens (including phenoxy) is 1. The molecule has 2 fully saturated rings. The summed E-state index contributed by atoms with van der Waals surface area (Å²) in [5, 5.41) is 3.28. The van der Waals surface area contributed by atoms with Crippen LogP contribution in [0, 0.1) is 0 Å². The fraction of sp³-hybridized carbons (Fsp3) is 0.833. The van der Waals surface area contributed by atoms with Crippen molar-refractivity contribution in [1.29, 1.82) is 0 Å². The number of nitrogens with one attached hydrogen (secondary N) is 1. The molecule has 3 atom stereocenters. The minimum absolute atomic E-state index is 0.0484. The lowest BCUT2D eigenvalue weighted by Crippen LogP contribution is -2.69. The molecule has 2 saturated heterocycles. The summed E-state index contributed by atoms with van der Waals surface area (Å²) in [5.74, 6) is -0.596. The summed E-state index contributed by atoms with van der Waals surface area (Å²) in [4.78, 5) is 26.3. The molecule has 2 rings (SSSR count). The van der Waals surface area contributed by atoms with Crippen molar-refractivity contribution in [3.05, 3.63) is 0 Å². The first-order valence-electron chi connectivity index (χ1n) is 6.74. The zero-order valence-electron chi connectivity index (χ0n) is 12.7. The summed E-state index contributed by atoms with van der Waals surface area (Å²) >= 11 is 18.4. The van der Waals surface area contributed by atoms with Crippen LogP contribution in [0.4, 0.5) is 0 Å². The summed E-state index contributed by atoms with van der Waals surface area (Å²) < 4.78 is 2.98. The number of esters is 1. The maximum absolute atomic E-state index is 12.4. The molecule has 0 aliphatic carbocycles. The van der Waals surface area contributed by atoms with Gasteiger partial charge in [-0.05, 0) is 13.8 Å². The van der Waals surface area contributed by atoms with Gasteiger partial charge in [0.15, 0.2) is 0 Å². The fourth-order valence-corrected chi connectivity index (χ4v) is 5.48. The summed E-state index contributed by atoms with van der Waals surface area (Å²) in [6, 6.07) is -0.885. The predicted molar refractivity (Wildman–Crippen MR) is 94.4 cm³/mol. The van der Waals surface area contributed by atoms with Gasteiger partial charge in [0.05, 0.1) is 21.4 Å². The molecule has 0 aromatic carbocycles. The minimum atomic E-state index is -1.66. The van der Waals surface area contributed by atoms with E-state index in [4.69, 9.17) is 39.5 Å². The van der Waals surface area contributed by atoms with E-state index in [1.165, 1.54) is 0 Å². The van der Waals surface area contributed by atoms with Gasteiger partial charge in [0, 0.05) is 4.75 Å². The standard InChI is InChI=1S/C12H18Cl3N2O3PS/c1-11(2)7(10(19)20-5-12(13,14)15)17-8(18)6(9(17)22-11)16-21(3)4/h6-7,9,16H,5H2,1-4H3/p+1/t6-,7+,9-/m1/s1. The monoisotopic (exact) mass is 407 g/mol. The SMILES string of the molecule is C[PH+](C)N[C@@H]1C(=O)N2[C@@H]1SC(C)(C)[C@@H]2C(=O)OCC(Cl)(Cl)Cl. The molecular formula is C12H19Cl3N2O3PS+. The molecule has 0 unspecified atom stereocenters. The van der Waals surface area contributed by atoms with Crippen LogP contribution in [0.1, 0.15) is 13.8 Å². The smallest absolute Gasteiger partial charge is 0.330 e. The number of β-lactam (4-membered cyclic amide) rings is 1. The molecule has 0 aromatic heterocycles. The van der Waals surface area contributed by atoms with Gasteiger partial charge < -0.3 is 9.64 Å². The highest BCUT2D eigenvalue weighted by Crippen LogP contribution is 2.52. The van der Waals surface area contributed by atoms with Gasteiger partial charge in [0.25, 0.3) is 0 Å². The Labute approximate surface area is 150 Å². The van der Waals surface area contributed by atoms with Gasteiger partial charge in [-0.1, -0.05) is 34.8 Å². The van der Waals surface area contributed by atoms with Crippen LogP contribution in [-0.4, -0.2) is 62.7 Å². The van der Waals surface area contributed by atoms with Gasteiger partial charge in [-0.25, -0.2) is 4.79 Å². The van der Waals surface area contributed by atoms with E-state index in [2.05, 4.69) is 18.4 Å². The Balaban J connectivity index is 2.09. The lowest BCUT2D eigenvalue weighted by molar-refractivity contribution is -0.163. The number of rotatable bonds is 4. The van der Waals surface area contributed by atoms with Crippen molar-refractivity contribution in [2.75, 3.05) is 19.9 Å². The summed E-state index contributed by atoms with van der Waals surface area (Å²) in [7, 11) is -0.748. The second kappa shape index (κ2) is 6.45. The molecule has 0 saturated carbocycles. The molecule has 5 nitrogen and oxygen atoms in total. The summed E-state index contributed by atoms with van der Waals surface area (Å²) in [6.45, 7) is 7.67. The Bertz CT molecular complexity index is 487. The van der Waals surface area contributed by atoms with Gasteiger partial charge in [0.1, 0.15) is 24.1 Å². The van der Waals surface area contributed by atoms with Crippen molar-refractivity contribution in [3.63, 3.8) is 0 Å². The third kappa shape index (κ3) is 3.79. The lowest BCUT2D eigenvalue weighted by atomic mass is 9.96. The molecule has 0 bridgehead atoms. The number of fused-ring (bicyclic) bond motifs is 1. The van der Waals surface area contributed by atoms with Gasteiger partial charge in [-0.15, -0.1) is 11.8 Å². The first-order valence-corrected chi connectivity index (χ1v) is 11.3. The normalized spacial score (nSPS) is 30.3. The Morgan fingerprint density at radius 3 is 2.55 bits per heavy atom. The van der Waals surface area contributed by atoms with E-state index in [9.17, 15) is 9.59 Å². The van der Waals surface area contributed by atoms with E-state index >= 15 is 0 Å². The zero-order valence-corrected chi connectivity index (χ0v) is 16.7. The van der Waals surface area contributed by atoms with Gasteiger partial charge >= 0.3 is 5.97 Å². The third-order valence-corrected chi connectivity index (χ3v) is 6.27. The molecule has 2 aliphatic rings. The van der Waals surface area contributed by atoms with E-state index in [1.807, 2.05) is 13.8 Å². The Morgan fingerprint density at radius 1 is 1.45 bits per heavy atom. The molecule has 2 aliphatic heterocycles. The topological polar surface area (TPSA) is 58.6 Å². The maximum atomic E-state index is 12.4. The number of nitrogens with zero attached hydrogens (tertiary/aromatic N) is 1. The van der Waals surface area contributed by atoms with Gasteiger partial charge in [-0.2, -0.15) is 5.09 Å². The second-order valence-electron chi connectivity index (χ2n) is 6.10. The Hall–Kier alpha value is 0.550. The van der Waals surface area contributed by atoms with Crippen LogP contribution in [0.3, 0.4) is 0 Å². The number of alkyl halides is 3. The van der Waals surface area contributed by atoms with Crippen LogP contribution in [0.15, 0.2) is 0 Å². The molecule has 0 radical (unpaired) electrons. The molecule has 1 amide bonds. The van der Waals surface area contributed by atoms with Crippen molar-refractivity contribution in [3.8, 4) is 0 Å². The summed E-state index contributed by atoms with van der Waals surface area (Å²) in [5.41, 5.74) is 0. The van der Waals surface area contributed by atoms with E-state index in [0.717, 1.165) is 0 Å². The van der Waals surface area contributed by atoms with Crippen molar-refractivity contribution >= 4 is 66.5 Å². The minimum Gasteiger partial charge on any atom is -0.460 e. The van der Waals surface area contributed by atoms with E-state index in [1.54, 1.807) is 16.7 Å². The number of thioether (sulfide) groups is 1. The van der Waals surface area contributed by atoms with Crippen molar-refractivity contribution in [1.82, 2.24) is 9.99 Å². The average Bonchev–Trinajstić information content (AvgIpc) is 2.61. The van der Waals surface area contributed by atoms with Crippen LogP contribution >= 0.6 is 54.6 Å². The first-order chi connectivity index (χ1) is 9.94. The van der Waals surface area contributed by atoms with Crippen LogP contribution in [-0.2, 0) is 14.3 Å². The molecule has 0 spiro atoms. The molecule has 0 aromatic rings. The molecule has 10 heteroatoms. The van der Waals surface area contributed by atoms with Crippen molar-refractivity contribution in [2.45, 2.75) is 39.8 Å².